The van der Waals surface area contributed by atoms with Gasteiger partial charge in [-0.25, -0.2) is 14.5 Å². The summed E-state index contributed by atoms with van der Waals surface area (Å²) in [5, 5.41) is 7.54. The zero-order chi connectivity index (χ0) is 13.2. The second-order valence-electron chi connectivity index (χ2n) is 5.11. The Labute approximate surface area is 112 Å². The van der Waals surface area contributed by atoms with Crippen molar-refractivity contribution >= 4 is 6.03 Å². The van der Waals surface area contributed by atoms with Gasteiger partial charge < -0.3 is 15.1 Å². The van der Waals surface area contributed by atoms with E-state index in [0.717, 1.165) is 45.0 Å². The van der Waals surface area contributed by atoms with E-state index in [0.29, 0.717) is 12.6 Å². The highest BCUT2D eigenvalue weighted by atomic mass is 16.2. The lowest BCUT2D eigenvalue weighted by Gasteiger charge is -2.28. The summed E-state index contributed by atoms with van der Waals surface area (Å²) in [6.07, 6.45) is 2.59. The Kier molecular flexibility index (Phi) is 3.37. The van der Waals surface area contributed by atoms with E-state index in [4.69, 9.17) is 0 Å². The van der Waals surface area contributed by atoms with Crippen molar-refractivity contribution in [2.75, 3.05) is 26.2 Å². The molecule has 19 heavy (non-hydrogen) atoms. The van der Waals surface area contributed by atoms with Crippen molar-refractivity contribution in [1.82, 2.24) is 29.9 Å². The highest BCUT2D eigenvalue weighted by Gasteiger charge is 2.38. The molecule has 3 heterocycles. The van der Waals surface area contributed by atoms with E-state index in [2.05, 4.69) is 22.3 Å². The molecule has 0 radical (unpaired) electrons. The van der Waals surface area contributed by atoms with Gasteiger partial charge in [0.15, 0.2) is 0 Å². The third-order valence-corrected chi connectivity index (χ3v) is 3.76. The molecule has 7 nitrogen and oxygen atoms in total. The molecule has 0 aromatic carbocycles. The Balaban J connectivity index is 1.69. The van der Waals surface area contributed by atoms with Crippen molar-refractivity contribution in [3.05, 3.63) is 12.2 Å². The predicted molar refractivity (Wildman–Crippen MR) is 69.5 cm³/mol. The number of nitrogens with one attached hydrogen (secondary N) is 1. The fraction of sp³-hybridized carbons (Fsp3) is 0.750. The molecule has 2 aliphatic heterocycles. The first-order valence-electron chi connectivity index (χ1n) is 6.92. The van der Waals surface area contributed by atoms with Crippen LogP contribution in [0.15, 0.2) is 6.33 Å². The van der Waals surface area contributed by atoms with Gasteiger partial charge in [0.2, 0.25) is 0 Å². The van der Waals surface area contributed by atoms with E-state index in [1.165, 1.54) is 0 Å². The number of urea groups is 1. The molecule has 0 bridgehead atoms. The Morgan fingerprint density at radius 1 is 1.53 bits per heavy atom. The van der Waals surface area contributed by atoms with Gasteiger partial charge in [0, 0.05) is 32.7 Å². The van der Waals surface area contributed by atoms with Crippen LogP contribution in [0.25, 0.3) is 0 Å². The van der Waals surface area contributed by atoms with Crippen LogP contribution in [0, 0.1) is 0 Å². The van der Waals surface area contributed by atoms with Crippen LogP contribution >= 0.6 is 0 Å². The number of piperazine rings is 1. The fourth-order valence-corrected chi connectivity index (χ4v) is 2.80. The molecule has 0 aliphatic carbocycles. The first-order chi connectivity index (χ1) is 9.29. The summed E-state index contributed by atoms with van der Waals surface area (Å²) in [6.45, 7) is 6.90. The van der Waals surface area contributed by atoms with Crippen LogP contribution in [0.1, 0.15) is 19.2 Å². The number of rotatable bonds is 4. The van der Waals surface area contributed by atoms with Crippen LogP contribution in [0.3, 0.4) is 0 Å². The Hall–Kier alpha value is -1.63. The first-order valence-corrected chi connectivity index (χ1v) is 6.92. The highest BCUT2D eigenvalue weighted by Crippen LogP contribution is 2.19. The summed E-state index contributed by atoms with van der Waals surface area (Å²) in [4.78, 5) is 20.4. The molecule has 1 aromatic heterocycles. The predicted octanol–water partition coefficient (Wildman–Crippen LogP) is -0.102. The lowest BCUT2D eigenvalue weighted by atomic mass is 10.2. The molecule has 104 valence electrons. The SMILES string of the molecule is CCCn1ncnc1CN1CC2CNCCN2C1=O. The Morgan fingerprint density at radius 3 is 3.21 bits per heavy atom. The molecule has 0 saturated carbocycles. The molecule has 1 N–H and O–H groups in total. The third kappa shape index (κ3) is 2.30. The van der Waals surface area contributed by atoms with Crippen LogP contribution < -0.4 is 5.32 Å². The minimum Gasteiger partial charge on any atom is -0.317 e. The van der Waals surface area contributed by atoms with Crippen molar-refractivity contribution in [3.63, 3.8) is 0 Å². The lowest BCUT2D eigenvalue weighted by Crippen LogP contribution is -2.49. The molecule has 2 aliphatic rings. The number of hydrogen-bond acceptors (Lipinski definition) is 4. The molecule has 2 fully saturated rings. The Bertz CT molecular complexity index is 459. The van der Waals surface area contributed by atoms with E-state index >= 15 is 0 Å². The van der Waals surface area contributed by atoms with Crippen molar-refractivity contribution in [2.24, 2.45) is 0 Å². The van der Waals surface area contributed by atoms with Crippen LogP contribution in [-0.4, -0.2) is 62.8 Å². The number of nitrogens with zero attached hydrogens (tertiary/aromatic N) is 5. The van der Waals surface area contributed by atoms with Gasteiger partial charge in [-0.15, -0.1) is 0 Å². The zero-order valence-electron chi connectivity index (χ0n) is 11.2. The second kappa shape index (κ2) is 5.16. The van der Waals surface area contributed by atoms with Crippen LogP contribution in [0.5, 0.6) is 0 Å². The molecule has 3 rings (SSSR count). The van der Waals surface area contributed by atoms with E-state index in [1.54, 1.807) is 6.33 Å². The zero-order valence-corrected chi connectivity index (χ0v) is 11.2. The molecule has 2 saturated heterocycles. The van der Waals surface area contributed by atoms with Gasteiger partial charge in [-0.1, -0.05) is 6.92 Å². The number of aryl methyl sites for hydroxylation is 1. The van der Waals surface area contributed by atoms with Gasteiger partial charge in [0.05, 0.1) is 12.6 Å². The number of carbonyl (C=O) groups is 1. The van der Waals surface area contributed by atoms with Gasteiger partial charge >= 0.3 is 6.03 Å². The summed E-state index contributed by atoms with van der Waals surface area (Å²) >= 11 is 0. The van der Waals surface area contributed by atoms with Crippen LogP contribution in [0.2, 0.25) is 0 Å². The Morgan fingerprint density at radius 2 is 2.42 bits per heavy atom. The number of hydrogen-bond donors (Lipinski definition) is 1. The normalized spacial score (nSPS) is 23.0. The van der Waals surface area contributed by atoms with Gasteiger partial charge in [-0.3, -0.25) is 0 Å². The molecular formula is C12H20N6O. The standard InChI is InChI=1S/C12H20N6O/c1-2-4-18-11(14-9-15-18)8-16-7-10-6-13-3-5-17(10)12(16)19/h9-10,13H,2-8H2,1H3. The van der Waals surface area contributed by atoms with Gasteiger partial charge in [-0.2, -0.15) is 5.10 Å². The summed E-state index contributed by atoms with van der Waals surface area (Å²) < 4.78 is 1.89. The van der Waals surface area contributed by atoms with E-state index < -0.39 is 0 Å². The fourth-order valence-electron chi connectivity index (χ4n) is 2.80. The quantitative estimate of drug-likeness (QED) is 0.824. The monoisotopic (exact) mass is 264 g/mol. The summed E-state index contributed by atoms with van der Waals surface area (Å²) in [6, 6.07) is 0.446. The van der Waals surface area contributed by atoms with Crippen LogP contribution in [-0.2, 0) is 13.1 Å². The number of aromatic nitrogens is 3. The molecule has 2 amide bonds. The average molecular weight is 264 g/mol. The van der Waals surface area contributed by atoms with Gasteiger partial charge in [0.25, 0.3) is 0 Å². The second-order valence-corrected chi connectivity index (χ2v) is 5.11. The maximum atomic E-state index is 12.3. The summed E-state index contributed by atoms with van der Waals surface area (Å²) in [5.74, 6) is 0.878. The molecular weight excluding hydrogens is 244 g/mol. The van der Waals surface area contributed by atoms with Crippen molar-refractivity contribution in [2.45, 2.75) is 32.5 Å². The lowest BCUT2D eigenvalue weighted by molar-refractivity contribution is 0.177. The van der Waals surface area contributed by atoms with Crippen LogP contribution in [0.4, 0.5) is 4.79 Å². The number of fused-ring (bicyclic) bond motifs is 1. The van der Waals surface area contributed by atoms with Gasteiger partial charge in [-0.05, 0) is 6.42 Å². The van der Waals surface area contributed by atoms with Crippen molar-refractivity contribution in [1.29, 1.82) is 0 Å². The summed E-state index contributed by atoms with van der Waals surface area (Å²) in [5.41, 5.74) is 0. The topological polar surface area (TPSA) is 66.3 Å². The van der Waals surface area contributed by atoms with Crippen molar-refractivity contribution in [3.8, 4) is 0 Å². The van der Waals surface area contributed by atoms with E-state index in [9.17, 15) is 4.79 Å². The first kappa shape index (κ1) is 12.4. The van der Waals surface area contributed by atoms with Crippen molar-refractivity contribution < 1.29 is 4.79 Å². The number of carbonyl (C=O) groups excluding carboxylic acids is 1. The number of amides is 2. The minimum atomic E-state index is 0.137. The summed E-state index contributed by atoms with van der Waals surface area (Å²) in [7, 11) is 0. The molecule has 1 atom stereocenters. The molecule has 7 heteroatoms. The molecule has 0 spiro atoms. The molecule has 1 aromatic rings. The average Bonchev–Trinajstić information content (AvgIpc) is 2.98. The van der Waals surface area contributed by atoms with E-state index in [1.807, 2.05) is 14.5 Å². The maximum absolute atomic E-state index is 12.3. The largest absolute Gasteiger partial charge is 0.320 e. The molecule has 1 unspecified atom stereocenters. The smallest absolute Gasteiger partial charge is 0.317 e. The maximum Gasteiger partial charge on any atom is 0.320 e. The minimum absolute atomic E-state index is 0.137. The van der Waals surface area contributed by atoms with E-state index in [-0.39, 0.29) is 6.03 Å². The highest BCUT2D eigenvalue weighted by molar-refractivity contribution is 5.77. The van der Waals surface area contributed by atoms with Gasteiger partial charge in [0.1, 0.15) is 12.2 Å². The third-order valence-electron chi connectivity index (χ3n) is 3.76.